The lowest BCUT2D eigenvalue weighted by Crippen LogP contribution is -2.37. The van der Waals surface area contributed by atoms with Crippen LogP contribution in [-0.4, -0.2) is 42.3 Å². The Morgan fingerprint density at radius 3 is 2.52 bits per heavy atom. The smallest absolute Gasteiger partial charge is 0.325 e. The van der Waals surface area contributed by atoms with Crippen molar-refractivity contribution in [2.75, 3.05) is 29.9 Å². The molecule has 0 spiro atoms. The van der Waals surface area contributed by atoms with Crippen molar-refractivity contribution in [1.29, 1.82) is 0 Å². The maximum absolute atomic E-state index is 12.5. The zero-order valence-electron chi connectivity index (χ0n) is 13.9. The van der Waals surface area contributed by atoms with Crippen LogP contribution in [0.5, 0.6) is 0 Å². The van der Waals surface area contributed by atoms with E-state index in [9.17, 15) is 14.4 Å². The minimum atomic E-state index is -0.288. The fourth-order valence-corrected chi connectivity index (χ4v) is 2.77. The van der Waals surface area contributed by atoms with Crippen molar-refractivity contribution in [3.63, 3.8) is 0 Å². The molecular formula is C19H19N3O3. The van der Waals surface area contributed by atoms with Gasteiger partial charge < -0.3 is 10.2 Å². The van der Waals surface area contributed by atoms with Crippen LogP contribution in [0, 0.1) is 0 Å². The van der Waals surface area contributed by atoms with E-state index in [1.165, 1.54) is 11.8 Å². The molecule has 0 saturated carbocycles. The number of anilines is 2. The molecule has 0 radical (unpaired) electrons. The van der Waals surface area contributed by atoms with Gasteiger partial charge in [0.25, 0.3) is 0 Å². The molecule has 1 saturated heterocycles. The normalized spacial score (nSPS) is 13.9. The van der Waals surface area contributed by atoms with E-state index in [2.05, 4.69) is 5.32 Å². The first kappa shape index (κ1) is 16.7. The van der Waals surface area contributed by atoms with Gasteiger partial charge in [-0.2, -0.15) is 0 Å². The second kappa shape index (κ2) is 7.17. The number of amides is 3. The molecule has 2 aromatic rings. The molecular weight excluding hydrogens is 318 g/mol. The van der Waals surface area contributed by atoms with Gasteiger partial charge in [0.05, 0.1) is 0 Å². The third-order valence-corrected chi connectivity index (χ3v) is 4.05. The highest BCUT2D eigenvalue weighted by Gasteiger charge is 2.30. The van der Waals surface area contributed by atoms with Crippen molar-refractivity contribution >= 4 is 29.1 Å². The van der Waals surface area contributed by atoms with E-state index in [1.807, 2.05) is 30.3 Å². The summed E-state index contributed by atoms with van der Waals surface area (Å²) in [4.78, 5) is 39.3. The molecule has 1 N–H and O–H groups in total. The van der Waals surface area contributed by atoms with Gasteiger partial charge in [0.15, 0.2) is 5.78 Å². The lowest BCUT2D eigenvalue weighted by atomic mass is 10.1. The second-order valence-corrected chi connectivity index (χ2v) is 5.88. The molecule has 0 aliphatic carbocycles. The van der Waals surface area contributed by atoms with Crippen molar-refractivity contribution in [1.82, 2.24) is 4.90 Å². The molecule has 6 nitrogen and oxygen atoms in total. The number of carbonyl (C=O) groups is 3. The number of Topliss-reactive ketones (excluding diaryl/α,β-unsaturated/α-hetero) is 1. The highest BCUT2D eigenvalue weighted by atomic mass is 16.2. The third-order valence-electron chi connectivity index (χ3n) is 4.05. The minimum absolute atomic E-state index is 0.0214. The van der Waals surface area contributed by atoms with Crippen molar-refractivity contribution in [3.05, 3.63) is 60.2 Å². The molecule has 0 bridgehead atoms. The minimum Gasteiger partial charge on any atom is -0.325 e. The van der Waals surface area contributed by atoms with E-state index in [-0.39, 0.29) is 24.3 Å². The summed E-state index contributed by atoms with van der Waals surface area (Å²) in [5.74, 6) is -0.353. The molecule has 1 heterocycles. The van der Waals surface area contributed by atoms with Gasteiger partial charge >= 0.3 is 6.03 Å². The number of urea groups is 1. The van der Waals surface area contributed by atoms with E-state index in [0.717, 1.165) is 5.69 Å². The van der Waals surface area contributed by atoms with E-state index < -0.39 is 0 Å². The SMILES string of the molecule is CC(=O)c1cccc(NC(=O)CN2CCN(c3ccccc3)C2=O)c1. The highest BCUT2D eigenvalue weighted by molar-refractivity contribution is 6.00. The number of hydrogen-bond acceptors (Lipinski definition) is 3. The summed E-state index contributed by atoms with van der Waals surface area (Å²) in [5.41, 5.74) is 1.90. The Balaban J connectivity index is 1.61. The summed E-state index contributed by atoms with van der Waals surface area (Å²) in [6, 6.07) is 16.0. The lowest BCUT2D eigenvalue weighted by molar-refractivity contribution is -0.116. The van der Waals surface area contributed by atoms with Crippen LogP contribution in [-0.2, 0) is 4.79 Å². The van der Waals surface area contributed by atoms with Crippen LogP contribution < -0.4 is 10.2 Å². The first-order valence-electron chi connectivity index (χ1n) is 8.07. The van der Waals surface area contributed by atoms with Crippen molar-refractivity contribution in [2.24, 2.45) is 0 Å². The topological polar surface area (TPSA) is 69.7 Å². The third kappa shape index (κ3) is 3.85. The van der Waals surface area contributed by atoms with Crippen LogP contribution in [0.15, 0.2) is 54.6 Å². The molecule has 128 valence electrons. The van der Waals surface area contributed by atoms with Gasteiger partial charge in [-0.15, -0.1) is 0 Å². The van der Waals surface area contributed by atoms with Gasteiger partial charge in [0.2, 0.25) is 5.91 Å². The molecule has 1 fully saturated rings. The number of hydrogen-bond donors (Lipinski definition) is 1. The Morgan fingerprint density at radius 1 is 1.04 bits per heavy atom. The number of ketones is 1. The van der Waals surface area contributed by atoms with Crippen molar-refractivity contribution in [2.45, 2.75) is 6.92 Å². The predicted molar refractivity (Wildman–Crippen MR) is 95.8 cm³/mol. The molecule has 3 rings (SSSR count). The summed E-state index contributed by atoms with van der Waals surface area (Å²) < 4.78 is 0. The Morgan fingerprint density at radius 2 is 1.80 bits per heavy atom. The number of benzene rings is 2. The van der Waals surface area contributed by atoms with Crippen molar-refractivity contribution < 1.29 is 14.4 Å². The van der Waals surface area contributed by atoms with Crippen LogP contribution in [0.1, 0.15) is 17.3 Å². The first-order chi connectivity index (χ1) is 12.0. The number of carbonyl (C=O) groups excluding carboxylic acids is 3. The van der Waals surface area contributed by atoms with E-state index in [4.69, 9.17) is 0 Å². The Bertz CT molecular complexity index is 805. The van der Waals surface area contributed by atoms with Crippen LogP contribution >= 0.6 is 0 Å². The molecule has 25 heavy (non-hydrogen) atoms. The average Bonchev–Trinajstić information content (AvgIpc) is 2.96. The maximum Gasteiger partial charge on any atom is 0.325 e. The van der Waals surface area contributed by atoms with Gasteiger partial charge in [0, 0.05) is 30.0 Å². The van der Waals surface area contributed by atoms with Gasteiger partial charge in [-0.3, -0.25) is 14.5 Å². The van der Waals surface area contributed by atoms with E-state index >= 15 is 0 Å². The van der Waals surface area contributed by atoms with Gasteiger partial charge in [-0.25, -0.2) is 4.79 Å². The Hall–Kier alpha value is -3.15. The van der Waals surface area contributed by atoms with Crippen LogP contribution in [0.4, 0.5) is 16.2 Å². The molecule has 0 unspecified atom stereocenters. The number of nitrogens with one attached hydrogen (secondary N) is 1. The van der Waals surface area contributed by atoms with Crippen molar-refractivity contribution in [3.8, 4) is 0 Å². The molecule has 0 atom stereocenters. The second-order valence-electron chi connectivity index (χ2n) is 5.88. The number of rotatable bonds is 5. The quantitative estimate of drug-likeness (QED) is 0.853. The molecule has 0 aromatic heterocycles. The first-order valence-corrected chi connectivity index (χ1v) is 8.07. The summed E-state index contributed by atoms with van der Waals surface area (Å²) >= 11 is 0. The van der Waals surface area contributed by atoms with E-state index in [1.54, 1.807) is 29.2 Å². The number of para-hydroxylation sites is 1. The zero-order valence-corrected chi connectivity index (χ0v) is 13.9. The zero-order chi connectivity index (χ0) is 17.8. The highest BCUT2D eigenvalue weighted by Crippen LogP contribution is 2.19. The summed E-state index contributed by atoms with van der Waals surface area (Å²) in [5, 5.41) is 2.74. The standard InChI is InChI=1S/C19H19N3O3/c1-14(23)15-6-5-7-16(12-15)20-18(24)13-21-10-11-22(19(21)25)17-8-3-2-4-9-17/h2-9,12H,10-11,13H2,1H3,(H,20,24). The molecule has 6 heteroatoms. The lowest BCUT2D eigenvalue weighted by Gasteiger charge is -2.18. The van der Waals surface area contributed by atoms with Gasteiger partial charge in [0.1, 0.15) is 6.54 Å². The largest absolute Gasteiger partial charge is 0.325 e. The molecule has 1 aliphatic heterocycles. The fourth-order valence-electron chi connectivity index (χ4n) is 2.77. The molecule has 1 aliphatic rings. The molecule has 2 aromatic carbocycles. The van der Waals surface area contributed by atoms with Crippen LogP contribution in [0.25, 0.3) is 0 Å². The van der Waals surface area contributed by atoms with E-state index in [0.29, 0.717) is 24.3 Å². The van der Waals surface area contributed by atoms with Crippen LogP contribution in [0.2, 0.25) is 0 Å². The predicted octanol–water partition coefficient (Wildman–Crippen LogP) is 2.77. The summed E-state index contributed by atoms with van der Waals surface area (Å²) in [6.45, 7) is 2.50. The average molecular weight is 337 g/mol. The fraction of sp³-hybridized carbons (Fsp3) is 0.211. The monoisotopic (exact) mass is 337 g/mol. The molecule has 3 amide bonds. The summed E-state index contributed by atoms with van der Waals surface area (Å²) in [7, 11) is 0. The van der Waals surface area contributed by atoms with Gasteiger partial charge in [-0.05, 0) is 31.2 Å². The van der Waals surface area contributed by atoms with Crippen LogP contribution in [0.3, 0.4) is 0 Å². The summed E-state index contributed by atoms with van der Waals surface area (Å²) in [6.07, 6.45) is 0. The Kier molecular flexibility index (Phi) is 4.79. The van der Waals surface area contributed by atoms with Gasteiger partial charge in [-0.1, -0.05) is 30.3 Å². The number of nitrogens with zero attached hydrogens (tertiary/aromatic N) is 2. The maximum atomic E-state index is 12.5. The Labute approximate surface area is 146 Å².